The highest BCUT2D eigenvalue weighted by molar-refractivity contribution is 6.09. The second-order valence-electron chi connectivity index (χ2n) is 3.97. The van der Waals surface area contributed by atoms with Crippen molar-refractivity contribution < 1.29 is 4.79 Å². The van der Waals surface area contributed by atoms with Gasteiger partial charge in [-0.3, -0.25) is 9.69 Å². The van der Waals surface area contributed by atoms with E-state index in [1.54, 1.807) is 13.8 Å². The van der Waals surface area contributed by atoms with Crippen molar-refractivity contribution in [2.24, 2.45) is 0 Å². The molecule has 0 radical (unpaired) electrons. The molecule has 0 saturated heterocycles. The quantitative estimate of drug-likeness (QED) is 0.565. The van der Waals surface area contributed by atoms with E-state index in [1.807, 2.05) is 44.2 Å². The second-order valence-corrected chi connectivity index (χ2v) is 3.97. The molecule has 0 aliphatic carbocycles. The van der Waals surface area contributed by atoms with Crippen LogP contribution in [-0.2, 0) is 4.79 Å². The predicted octanol–water partition coefficient (Wildman–Crippen LogP) is 4.71. The Morgan fingerprint density at radius 2 is 1.47 bits per heavy atom. The lowest BCUT2D eigenvalue weighted by Gasteiger charge is -2.23. The van der Waals surface area contributed by atoms with Crippen molar-refractivity contribution in [1.29, 1.82) is 0 Å². The summed E-state index contributed by atoms with van der Waals surface area (Å²) in [5, 5.41) is 0. The first-order valence-electron chi connectivity index (χ1n) is 6.35. The van der Waals surface area contributed by atoms with E-state index >= 15 is 0 Å². The molecule has 2 heteroatoms. The van der Waals surface area contributed by atoms with Crippen LogP contribution >= 0.6 is 0 Å². The van der Waals surface area contributed by atoms with Gasteiger partial charge in [0.15, 0.2) is 0 Å². The van der Waals surface area contributed by atoms with Gasteiger partial charge in [0.2, 0.25) is 0 Å². The number of nitrogens with zero attached hydrogens (tertiary/aromatic N) is 1. The zero-order valence-corrected chi connectivity index (χ0v) is 12.4. The highest BCUT2D eigenvalue weighted by Gasteiger charge is 2.19. The zero-order valence-electron chi connectivity index (χ0n) is 12.4. The summed E-state index contributed by atoms with van der Waals surface area (Å²) < 4.78 is 0. The lowest BCUT2D eigenvalue weighted by molar-refractivity contribution is -0.114. The molecule has 0 aliphatic heterocycles. The maximum absolute atomic E-state index is 12.2. The van der Waals surface area contributed by atoms with Gasteiger partial charge in [-0.15, -0.1) is 0 Å². The van der Waals surface area contributed by atoms with Gasteiger partial charge in [0.1, 0.15) is 0 Å². The van der Waals surface area contributed by atoms with Gasteiger partial charge in [0.25, 0.3) is 5.91 Å². The zero-order chi connectivity index (χ0) is 15.0. The van der Waals surface area contributed by atoms with E-state index in [4.69, 9.17) is 0 Å². The largest absolute Gasteiger partial charge is 0.282 e. The summed E-state index contributed by atoms with van der Waals surface area (Å²) in [5.74, 6) is -0.184. The van der Waals surface area contributed by atoms with Gasteiger partial charge in [-0.2, -0.15) is 0 Å². The minimum absolute atomic E-state index is 0.184. The highest BCUT2D eigenvalue weighted by atomic mass is 16.2. The number of carbonyl (C=O) groups excluding carboxylic acids is 1. The fraction of sp³-hybridized carbons (Fsp3) is 0.235. The Morgan fingerprint density at radius 1 is 1.00 bits per heavy atom. The summed E-state index contributed by atoms with van der Waals surface area (Å²) in [6.45, 7) is 18.9. The molecule has 102 valence electrons. The molecule has 1 amide bonds. The Hall–Kier alpha value is -2.09. The fourth-order valence-electron chi connectivity index (χ4n) is 1.41. The Morgan fingerprint density at radius 3 is 1.84 bits per heavy atom. The minimum atomic E-state index is -0.184. The number of amides is 1. The SMILES string of the molecule is C=C(C)C(=C)C(=O)N(C(=C)C)c1ccccc1.CC. The summed E-state index contributed by atoms with van der Waals surface area (Å²) in [4.78, 5) is 13.8. The maximum atomic E-state index is 12.2. The molecule has 0 saturated carbocycles. The first-order chi connectivity index (χ1) is 8.95. The average molecular weight is 257 g/mol. The van der Waals surface area contributed by atoms with Crippen molar-refractivity contribution in [3.05, 3.63) is 66.9 Å². The molecular formula is C17H23NO. The van der Waals surface area contributed by atoms with Gasteiger partial charge < -0.3 is 0 Å². The average Bonchev–Trinajstić information content (AvgIpc) is 2.41. The normalized spacial score (nSPS) is 8.84. The lowest BCUT2D eigenvalue weighted by Crippen LogP contribution is -2.29. The van der Waals surface area contributed by atoms with E-state index in [-0.39, 0.29) is 5.91 Å². The van der Waals surface area contributed by atoms with Crippen LogP contribution < -0.4 is 4.90 Å². The van der Waals surface area contributed by atoms with Crippen molar-refractivity contribution >= 4 is 11.6 Å². The third kappa shape index (κ3) is 4.59. The molecule has 1 aromatic rings. The van der Waals surface area contributed by atoms with Crippen LogP contribution in [0.4, 0.5) is 5.69 Å². The molecule has 0 fully saturated rings. The monoisotopic (exact) mass is 257 g/mol. The summed E-state index contributed by atoms with van der Waals surface area (Å²) in [5.41, 5.74) is 2.50. The number of hydrogen-bond donors (Lipinski definition) is 0. The summed E-state index contributed by atoms with van der Waals surface area (Å²) in [6, 6.07) is 9.37. The van der Waals surface area contributed by atoms with Gasteiger partial charge in [-0.25, -0.2) is 0 Å². The Labute approximate surface area is 116 Å². The predicted molar refractivity (Wildman–Crippen MR) is 84.0 cm³/mol. The summed E-state index contributed by atoms with van der Waals surface area (Å²) in [7, 11) is 0. The first kappa shape index (κ1) is 16.9. The first-order valence-corrected chi connectivity index (χ1v) is 6.35. The van der Waals surface area contributed by atoms with Crippen molar-refractivity contribution in [2.45, 2.75) is 27.7 Å². The molecule has 0 aromatic heterocycles. The molecule has 0 N–H and O–H groups in total. The van der Waals surface area contributed by atoms with E-state index < -0.39 is 0 Å². The van der Waals surface area contributed by atoms with E-state index in [2.05, 4.69) is 19.7 Å². The van der Waals surface area contributed by atoms with Gasteiger partial charge in [0, 0.05) is 17.0 Å². The topological polar surface area (TPSA) is 20.3 Å². The molecule has 0 spiro atoms. The number of benzene rings is 1. The lowest BCUT2D eigenvalue weighted by atomic mass is 10.1. The van der Waals surface area contributed by atoms with Crippen LogP contribution in [0, 0.1) is 0 Å². The van der Waals surface area contributed by atoms with Crippen LogP contribution in [-0.4, -0.2) is 5.91 Å². The third-order valence-electron chi connectivity index (χ3n) is 2.37. The summed E-state index contributed by atoms with van der Waals surface area (Å²) >= 11 is 0. The molecule has 19 heavy (non-hydrogen) atoms. The third-order valence-corrected chi connectivity index (χ3v) is 2.37. The Kier molecular flexibility index (Phi) is 7.20. The number of anilines is 1. The molecule has 1 rings (SSSR count). The smallest absolute Gasteiger partial charge is 0.262 e. The van der Waals surface area contributed by atoms with Gasteiger partial charge in [-0.1, -0.05) is 51.8 Å². The number of carbonyl (C=O) groups is 1. The van der Waals surface area contributed by atoms with Crippen LogP contribution in [0.15, 0.2) is 66.9 Å². The molecule has 0 bridgehead atoms. The van der Waals surface area contributed by atoms with Crippen molar-refractivity contribution in [2.75, 3.05) is 4.90 Å². The molecule has 0 aliphatic rings. The molecule has 0 heterocycles. The number of allylic oxidation sites excluding steroid dienone is 1. The second kappa shape index (κ2) is 8.09. The van der Waals surface area contributed by atoms with Gasteiger partial charge in [0.05, 0.1) is 0 Å². The number of rotatable bonds is 4. The van der Waals surface area contributed by atoms with Crippen molar-refractivity contribution in [3.63, 3.8) is 0 Å². The van der Waals surface area contributed by atoms with Crippen molar-refractivity contribution in [1.82, 2.24) is 0 Å². The number of hydrogen-bond acceptors (Lipinski definition) is 1. The van der Waals surface area contributed by atoms with Crippen LogP contribution in [0.5, 0.6) is 0 Å². The number of para-hydroxylation sites is 1. The standard InChI is InChI=1S/C15H17NO.C2H6/c1-11(2)13(5)15(17)16(12(3)4)14-9-7-6-8-10-14;1-2/h6-10H,1,3,5H2,2,4H3;1-2H3. The fourth-order valence-corrected chi connectivity index (χ4v) is 1.41. The van der Waals surface area contributed by atoms with Gasteiger partial charge >= 0.3 is 0 Å². The Balaban J connectivity index is 0.00000154. The van der Waals surface area contributed by atoms with Crippen LogP contribution in [0.3, 0.4) is 0 Å². The van der Waals surface area contributed by atoms with E-state index in [0.29, 0.717) is 16.8 Å². The molecule has 0 unspecified atom stereocenters. The van der Waals surface area contributed by atoms with Crippen LogP contribution in [0.25, 0.3) is 0 Å². The molecule has 1 aromatic carbocycles. The Bertz CT molecular complexity index is 471. The van der Waals surface area contributed by atoms with E-state index in [9.17, 15) is 4.79 Å². The maximum Gasteiger partial charge on any atom is 0.262 e. The van der Waals surface area contributed by atoms with Crippen molar-refractivity contribution in [3.8, 4) is 0 Å². The molecule has 0 atom stereocenters. The molecule has 2 nitrogen and oxygen atoms in total. The van der Waals surface area contributed by atoms with E-state index in [0.717, 1.165) is 5.69 Å². The van der Waals surface area contributed by atoms with Crippen LogP contribution in [0.2, 0.25) is 0 Å². The van der Waals surface area contributed by atoms with Gasteiger partial charge in [-0.05, 0) is 31.6 Å². The molecular weight excluding hydrogens is 234 g/mol. The van der Waals surface area contributed by atoms with Crippen LogP contribution in [0.1, 0.15) is 27.7 Å². The van der Waals surface area contributed by atoms with E-state index in [1.165, 1.54) is 4.90 Å². The minimum Gasteiger partial charge on any atom is -0.282 e. The summed E-state index contributed by atoms with van der Waals surface area (Å²) in [6.07, 6.45) is 0. The highest BCUT2D eigenvalue weighted by Crippen LogP contribution is 2.21.